The highest BCUT2D eigenvalue weighted by molar-refractivity contribution is 5.82. The number of methoxy groups -OCH3 is 1. The van der Waals surface area contributed by atoms with Crippen LogP contribution >= 0.6 is 0 Å². The molecule has 13 nitrogen and oxygen atoms in total. The van der Waals surface area contributed by atoms with Crippen LogP contribution in [0.25, 0.3) is 0 Å². The van der Waals surface area contributed by atoms with E-state index < -0.39 is 66.1 Å². The molecule has 1 unspecified atom stereocenters. The summed E-state index contributed by atoms with van der Waals surface area (Å²) >= 11 is 0. The van der Waals surface area contributed by atoms with Gasteiger partial charge in [0.15, 0.2) is 12.6 Å². The lowest BCUT2D eigenvalue weighted by molar-refractivity contribution is -0.317. The van der Waals surface area contributed by atoms with Crippen LogP contribution in [0.3, 0.4) is 0 Å². The maximum absolute atomic E-state index is 14.4. The van der Waals surface area contributed by atoms with Crippen LogP contribution < -0.4 is 0 Å². The van der Waals surface area contributed by atoms with Gasteiger partial charge in [-0.2, -0.15) is 0 Å². The standard InChI is InChI=1S/C36H65N3O10/c1-20-17-35(6,44)32(49-34-29(41)26(37(8)9)15-21(2)46-34)22(3)30(48-28-18-36(7,45-11)31(42)24(5)47-28)23(4)33(43)39-14-12-13-25(39)16-27(40)38(10)19-20/h20-26,28-32,34,41-42,44H,12-19H2,1-11H3/t20-,21-,22+,23-,24+,25?,26+,28+,29-,30+,31+,32-,34+,35-,36-/m1/s1. The minimum Gasteiger partial charge on any atom is -0.387 e. The Morgan fingerprint density at radius 3 is 2.31 bits per heavy atom. The molecule has 49 heavy (non-hydrogen) atoms. The lowest BCUT2D eigenvalue weighted by atomic mass is 9.77. The van der Waals surface area contributed by atoms with Crippen LogP contribution in [0.5, 0.6) is 0 Å². The van der Waals surface area contributed by atoms with Gasteiger partial charge in [-0.15, -0.1) is 0 Å². The Balaban J connectivity index is 1.78. The summed E-state index contributed by atoms with van der Waals surface area (Å²) < 4.78 is 31.7. The number of fused-ring (bicyclic) bond motifs is 1. The van der Waals surface area contributed by atoms with Gasteiger partial charge in [0.2, 0.25) is 11.8 Å². The molecular weight excluding hydrogens is 634 g/mol. The number of hydrogen-bond acceptors (Lipinski definition) is 11. The molecule has 0 aromatic carbocycles. The molecule has 0 radical (unpaired) electrons. The van der Waals surface area contributed by atoms with E-state index in [4.69, 9.17) is 23.7 Å². The second kappa shape index (κ2) is 16.1. The Bertz CT molecular complexity index is 1130. The van der Waals surface area contributed by atoms with Gasteiger partial charge in [0.1, 0.15) is 12.2 Å². The van der Waals surface area contributed by atoms with Gasteiger partial charge in [0.05, 0.1) is 41.5 Å². The quantitative estimate of drug-likeness (QED) is 0.374. The van der Waals surface area contributed by atoms with Gasteiger partial charge in [0, 0.05) is 58.1 Å². The molecule has 13 heteroatoms. The molecule has 15 atom stereocenters. The molecule has 4 aliphatic rings. The summed E-state index contributed by atoms with van der Waals surface area (Å²) in [6.45, 7) is 13.9. The fraction of sp³-hybridized carbons (Fsp3) is 0.944. The summed E-state index contributed by atoms with van der Waals surface area (Å²) in [6.07, 6.45) is -3.56. The van der Waals surface area contributed by atoms with Crippen molar-refractivity contribution in [1.29, 1.82) is 0 Å². The van der Waals surface area contributed by atoms with E-state index in [9.17, 15) is 24.9 Å². The number of nitrogens with zero attached hydrogens (tertiary/aromatic N) is 3. The second-order valence-electron chi connectivity index (χ2n) is 16.3. The first kappa shape index (κ1) is 40.4. The van der Waals surface area contributed by atoms with Crippen LogP contribution in [0.4, 0.5) is 0 Å². The molecule has 284 valence electrons. The number of rotatable bonds is 6. The lowest BCUT2D eigenvalue weighted by Gasteiger charge is -2.49. The van der Waals surface area contributed by atoms with Crippen molar-refractivity contribution in [3.8, 4) is 0 Å². The number of aliphatic hydroxyl groups is 3. The zero-order valence-corrected chi connectivity index (χ0v) is 31.7. The maximum atomic E-state index is 14.4. The van der Waals surface area contributed by atoms with E-state index in [0.29, 0.717) is 19.5 Å². The Morgan fingerprint density at radius 2 is 1.67 bits per heavy atom. The molecule has 0 saturated carbocycles. The first-order valence-corrected chi connectivity index (χ1v) is 18.3. The number of carbonyl (C=O) groups excluding carboxylic acids is 2. The average molecular weight is 700 g/mol. The third kappa shape index (κ3) is 8.97. The molecule has 4 rings (SSSR count). The highest BCUT2D eigenvalue weighted by Gasteiger charge is 2.52. The predicted molar refractivity (Wildman–Crippen MR) is 182 cm³/mol. The van der Waals surface area contributed by atoms with E-state index >= 15 is 0 Å². The van der Waals surface area contributed by atoms with Crippen molar-refractivity contribution in [3.63, 3.8) is 0 Å². The first-order chi connectivity index (χ1) is 22.8. The number of hydrogen-bond donors (Lipinski definition) is 3. The lowest BCUT2D eigenvalue weighted by Crippen LogP contribution is -2.61. The fourth-order valence-electron chi connectivity index (χ4n) is 8.83. The summed E-state index contributed by atoms with van der Waals surface area (Å²) in [7, 11) is 7.12. The van der Waals surface area contributed by atoms with Crippen molar-refractivity contribution in [3.05, 3.63) is 0 Å². The topological polar surface area (TPSA) is 151 Å². The second-order valence-corrected chi connectivity index (χ2v) is 16.3. The monoisotopic (exact) mass is 699 g/mol. The molecule has 0 bridgehead atoms. The smallest absolute Gasteiger partial charge is 0.228 e. The van der Waals surface area contributed by atoms with Crippen molar-refractivity contribution >= 4 is 11.8 Å². The SMILES string of the molecule is CO[C@]1(C)C[C@H](O[C@H]2[C@H](C)[C@@H](O[C@@H]3O[C@H](C)C[C@H](N(C)C)[C@H]3O)[C@](C)(O)C[C@@H](C)CN(C)C(=O)CC3CCCN3C(=O)[C@@H]2C)O[C@@H](C)[C@@H]1O. The van der Waals surface area contributed by atoms with Gasteiger partial charge < -0.3 is 53.7 Å². The Hall–Kier alpha value is -1.42. The number of likely N-dealkylation sites (N-methyl/N-ethyl adjacent to an activating group) is 1. The third-order valence-corrected chi connectivity index (χ3v) is 11.7. The number of amides is 2. The number of carbonyl (C=O) groups is 2. The highest BCUT2D eigenvalue weighted by atomic mass is 16.7. The minimum atomic E-state index is -1.50. The van der Waals surface area contributed by atoms with Crippen molar-refractivity contribution in [2.24, 2.45) is 17.8 Å². The molecule has 4 fully saturated rings. The number of ether oxygens (including phenoxy) is 5. The van der Waals surface area contributed by atoms with E-state index in [0.717, 1.165) is 12.8 Å². The molecule has 4 aliphatic heterocycles. The summed E-state index contributed by atoms with van der Waals surface area (Å²) in [5, 5.41) is 34.8. The molecular formula is C36H65N3O10. The zero-order chi connectivity index (χ0) is 36.6. The molecule has 0 aromatic heterocycles. The third-order valence-electron chi connectivity index (χ3n) is 11.7. The van der Waals surface area contributed by atoms with Crippen LogP contribution in [-0.2, 0) is 33.3 Å². The van der Waals surface area contributed by atoms with Crippen LogP contribution in [0.1, 0.15) is 87.0 Å². The average Bonchev–Trinajstić information content (AvgIpc) is 3.48. The highest BCUT2D eigenvalue weighted by Crippen LogP contribution is 2.40. The number of aliphatic hydroxyl groups excluding tert-OH is 2. The maximum Gasteiger partial charge on any atom is 0.228 e. The molecule has 4 saturated heterocycles. The zero-order valence-electron chi connectivity index (χ0n) is 31.7. The summed E-state index contributed by atoms with van der Waals surface area (Å²) in [5.41, 5.74) is -2.45. The molecule has 4 heterocycles. The van der Waals surface area contributed by atoms with Gasteiger partial charge >= 0.3 is 0 Å². The van der Waals surface area contributed by atoms with E-state index in [2.05, 4.69) is 0 Å². The minimum absolute atomic E-state index is 0.0423. The van der Waals surface area contributed by atoms with Crippen molar-refractivity contribution in [2.75, 3.05) is 41.3 Å². The van der Waals surface area contributed by atoms with Gasteiger partial charge in [-0.1, -0.05) is 20.8 Å². The first-order valence-electron chi connectivity index (χ1n) is 18.3. The van der Waals surface area contributed by atoms with Crippen LogP contribution in [0, 0.1) is 17.8 Å². The van der Waals surface area contributed by atoms with E-state index in [-0.39, 0.29) is 55.2 Å². The van der Waals surface area contributed by atoms with E-state index in [1.54, 1.807) is 32.9 Å². The van der Waals surface area contributed by atoms with Gasteiger partial charge in [-0.05, 0) is 73.4 Å². The fourth-order valence-corrected chi connectivity index (χ4v) is 8.83. The van der Waals surface area contributed by atoms with Gasteiger partial charge in [-0.25, -0.2) is 0 Å². The van der Waals surface area contributed by atoms with Crippen molar-refractivity contribution in [1.82, 2.24) is 14.7 Å². The molecule has 3 N–H and O–H groups in total. The predicted octanol–water partition coefficient (Wildman–Crippen LogP) is 1.99. The molecule has 0 aliphatic carbocycles. The molecule has 0 aromatic rings. The summed E-state index contributed by atoms with van der Waals surface area (Å²) in [4.78, 5) is 33.3. The van der Waals surface area contributed by atoms with Crippen molar-refractivity contribution < 1.29 is 48.6 Å². The Morgan fingerprint density at radius 1 is 1.00 bits per heavy atom. The Kier molecular flexibility index (Phi) is 13.2. The van der Waals surface area contributed by atoms with Crippen LogP contribution in [0.15, 0.2) is 0 Å². The van der Waals surface area contributed by atoms with Crippen molar-refractivity contribution in [2.45, 2.75) is 159 Å². The molecule has 0 spiro atoms. The normalized spacial score (nSPS) is 46.6. The Labute approximate surface area is 293 Å². The van der Waals surface area contributed by atoms with E-state index in [1.165, 1.54) is 0 Å². The largest absolute Gasteiger partial charge is 0.387 e. The molecule has 2 amide bonds. The van der Waals surface area contributed by atoms with Crippen LogP contribution in [0.2, 0.25) is 0 Å². The van der Waals surface area contributed by atoms with Gasteiger partial charge in [-0.3, -0.25) is 9.59 Å². The summed E-state index contributed by atoms with van der Waals surface area (Å²) in [6, 6.07) is -0.455. The summed E-state index contributed by atoms with van der Waals surface area (Å²) in [5.74, 6) is -1.64. The van der Waals surface area contributed by atoms with E-state index in [1.807, 2.05) is 58.5 Å². The van der Waals surface area contributed by atoms with Crippen LogP contribution in [-0.4, -0.2) is 156 Å². The van der Waals surface area contributed by atoms with Gasteiger partial charge in [0.25, 0.3) is 0 Å².